The van der Waals surface area contributed by atoms with Crippen LogP contribution < -0.4 is 4.74 Å². The van der Waals surface area contributed by atoms with E-state index in [9.17, 15) is 4.79 Å². The normalized spacial score (nSPS) is 21.3. The number of ether oxygens (including phenoxy) is 1. The summed E-state index contributed by atoms with van der Waals surface area (Å²) in [5.74, 6) is 1.73. The number of hydrogen-bond acceptors (Lipinski definition) is 2. The maximum Gasteiger partial charge on any atom is 0.209 e. The van der Waals surface area contributed by atoms with Crippen LogP contribution in [0, 0.1) is 11.3 Å². The van der Waals surface area contributed by atoms with Crippen molar-refractivity contribution in [2.45, 2.75) is 19.3 Å². The molecular weight excluding hydrogens is 226 g/mol. The van der Waals surface area contributed by atoms with E-state index in [4.69, 9.17) is 4.74 Å². The maximum atomic E-state index is 10.6. The fourth-order valence-corrected chi connectivity index (χ4v) is 3.59. The van der Waals surface area contributed by atoms with Crippen LogP contribution in [0.4, 0.5) is 0 Å². The summed E-state index contributed by atoms with van der Waals surface area (Å²) < 4.78 is 5.24. The molecular formula is C15H19NO2. The third-order valence-electron chi connectivity index (χ3n) is 4.33. The molecule has 0 unspecified atom stereocenters. The van der Waals surface area contributed by atoms with Crippen molar-refractivity contribution in [1.29, 1.82) is 0 Å². The lowest BCUT2D eigenvalue weighted by molar-refractivity contribution is -0.141. The van der Waals surface area contributed by atoms with Crippen LogP contribution in [0.15, 0.2) is 24.3 Å². The molecule has 1 aromatic rings. The summed E-state index contributed by atoms with van der Waals surface area (Å²) in [7, 11) is 1.71. The molecule has 0 N–H and O–H groups in total. The standard InChI is InChI=1S/C15H19NO2/c1-18-14-4-2-3-12(6-14)5-13-7-15(8-13)9-16(10-15)11-17/h2-4,6,11,13H,5,7-10H2,1H3. The highest BCUT2D eigenvalue weighted by atomic mass is 16.5. The maximum absolute atomic E-state index is 10.6. The van der Waals surface area contributed by atoms with Crippen LogP contribution in [0.5, 0.6) is 5.75 Å². The minimum absolute atomic E-state index is 0.477. The fraction of sp³-hybridized carbons (Fsp3) is 0.533. The first-order chi connectivity index (χ1) is 8.73. The molecule has 1 amide bonds. The molecule has 0 radical (unpaired) electrons. The van der Waals surface area contributed by atoms with Crippen molar-refractivity contribution in [1.82, 2.24) is 4.90 Å². The van der Waals surface area contributed by atoms with Crippen molar-refractivity contribution < 1.29 is 9.53 Å². The number of likely N-dealkylation sites (tertiary alicyclic amines) is 1. The van der Waals surface area contributed by atoms with Crippen molar-refractivity contribution in [3.63, 3.8) is 0 Å². The highest BCUT2D eigenvalue weighted by Crippen LogP contribution is 2.52. The molecule has 1 aliphatic carbocycles. The van der Waals surface area contributed by atoms with Gasteiger partial charge >= 0.3 is 0 Å². The number of benzene rings is 1. The van der Waals surface area contributed by atoms with Gasteiger partial charge in [0.05, 0.1) is 7.11 Å². The Hall–Kier alpha value is -1.51. The van der Waals surface area contributed by atoms with Crippen molar-refractivity contribution >= 4 is 6.41 Å². The summed E-state index contributed by atoms with van der Waals surface area (Å²) in [4.78, 5) is 12.4. The van der Waals surface area contributed by atoms with Crippen LogP contribution in [0.1, 0.15) is 18.4 Å². The minimum Gasteiger partial charge on any atom is -0.497 e. The molecule has 0 bridgehead atoms. The van der Waals surface area contributed by atoms with E-state index >= 15 is 0 Å². The predicted octanol–water partition coefficient (Wildman–Crippen LogP) is 2.11. The largest absolute Gasteiger partial charge is 0.497 e. The molecule has 3 nitrogen and oxygen atoms in total. The second-order valence-electron chi connectivity index (χ2n) is 5.84. The van der Waals surface area contributed by atoms with Crippen LogP contribution in [0.25, 0.3) is 0 Å². The van der Waals surface area contributed by atoms with Crippen LogP contribution in [-0.4, -0.2) is 31.5 Å². The molecule has 1 saturated heterocycles. The van der Waals surface area contributed by atoms with Gasteiger partial charge in [-0.25, -0.2) is 0 Å². The SMILES string of the molecule is COc1cccc(CC2CC3(C2)CN(C=O)C3)c1. The Morgan fingerprint density at radius 3 is 2.89 bits per heavy atom. The van der Waals surface area contributed by atoms with E-state index in [2.05, 4.69) is 18.2 Å². The molecule has 1 saturated carbocycles. The monoisotopic (exact) mass is 245 g/mol. The number of methoxy groups -OCH3 is 1. The van der Waals surface area contributed by atoms with Crippen molar-refractivity contribution in [3.05, 3.63) is 29.8 Å². The van der Waals surface area contributed by atoms with E-state index in [1.54, 1.807) is 7.11 Å². The van der Waals surface area contributed by atoms with Gasteiger partial charge in [0.25, 0.3) is 0 Å². The zero-order valence-corrected chi connectivity index (χ0v) is 10.8. The molecule has 0 aromatic heterocycles. The number of amides is 1. The smallest absolute Gasteiger partial charge is 0.209 e. The average Bonchev–Trinajstić information content (AvgIpc) is 2.30. The highest BCUT2D eigenvalue weighted by Gasteiger charge is 2.51. The second-order valence-corrected chi connectivity index (χ2v) is 5.84. The molecule has 3 heteroatoms. The molecule has 1 spiro atoms. The Balaban J connectivity index is 1.52. The van der Waals surface area contributed by atoms with Crippen LogP contribution in [-0.2, 0) is 11.2 Å². The Bertz CT molecular complexity index is 444. The van der Waals surface area contributed by atoms with Gasteiger partial charge in [0.1, 0.15) is 5.75 Å². The first-order valence-electron chi connectivity index (χ1n) is 6.55. The lowest BCUT2D eigenvalue weighted by Crippen LogP contribution is -2.61. The van der Waals surface area contributed by atoms with E-state index < -0.39 is 0 Å². The predicted molar refractivity (Wildman–Crippen MR) is 69.5 cm³/mol. The summed E-state index contributed by atoms with van der Waals surface area (Å²) in [5.41, 5.74) is 1.84. The van der Waals surface area contributed by atoms with E-state index in [-0.39, 0.29) is 0 Å². The number of hydrogen-bond donors (Lipinski definition) is 0. The molecule has 96 valence electrons. The van der Waals surface area contributed by atoms with Crippen LogP contribution in [0.3, 0.4) is 0 Å². The highest BCUT2D eigenvalue weighted by molar-refractivity contribution is 5.49. The minimum atomic E-state index is 0.477. The van der Waals surface area contributed by atoms with Gasteiger partial charge in [-0.2, -0.15) is 0 Å². The van der Waals surface area contributed by atoms with E-state index in [0.717, 1.165) is 37.6 Å². The third kappa shape index (κ3) is 1.98. The van der Waals surface area contributed by atoms with E-state index in [1.165, 1.54) is 18.4 Å². The number of carbonyl (C=O) groups excluding carboxylic acids is 1. The zero-order chi connectivity index (χ0) is 12.6. The quantitative estimate of drug-likeness (QED) is 0.760. The van der Waals surface area contributed by atoms with Crippen molar-refractivity contribution in [2.75, 3.05) is 20.2 Å². The molecule has 1 aromatic carbocycles. The molecule has 1 aliphatic heterocycles. The summed E-state index contributed by atoms with van der Waals surface area (Å²) in [6.07, 6.45) is 4.66. The fourth-order valence-electron chi connectivity index (χ4n) is 3.59. The summed E-state index contributed by atoms with van der Waals surface area (Å²) in [5, 5.41) is 0. The van der Waals surface area contributed by atoms with Gasteiger partial charge in [-0.1, -0.05) is 12.1 Å². The molecule has 1 heterocycles. The van der Waals surface area contributed by atoms with Crippen molar-refractivity contribution in [3.8, 4) is 5.75 Å². The first-order valence-corrected chi connectivity index (χ1v) is 6.55. The first kappa shape index (κ1) is 11.6. The molecule has 3 rings (SSSR count). The number of rotatable bonds is 4. The molecule has 2 aliphatic rings. The molecule has 18 heavy (non-hydrogen) atoms. The Labute approximate surface area is 108 Å². The van der Waals surface area contributed by atoms with Gasteiger partial charge in [-0.15, -0.1) is 0 Å². The Morgan fingerprint density at radius 1 is 1.44 bits per heavy atom. The lowest BCUT2D eigenvalue weighted by atomic mass is 9.56. The van der Waals surface area contributed by atoms with Crippen LogP contribution >= 0.6 is 0 Å². The number of nitrogens with zero attached hydrogens (tertiary/aromatic N) is 1. The van der Waals surface area contributed by atoms with Gasteiger partial charge in [0.15, 0.2) is 0 Å². The van der Waals surface area contributed by atoms with Gasteiger partial charge in [-0.05, 0) is 42.9 Å². The van der Waals surface area contributed by atoms with E-state index in [1.807, 2.05) is 11.0 Å². The van der Waals surface area contributed by atoms with E-state index in [0.29, 0.717) is 5.41 Å². The number of carbonyl (C=O) groups is 1. The summed E-state index contributed by atoms with van der Waals surface area (Å²) >= 11 is 0. The molecule has 2 fully saturated rings. The summed E-state index contributed by atoms with van der Waals surface area (Å²) in [6.45, 7) is 1.95. The third-order valence-corrected chi connectivity index (χ3v) is 4.33. The average molecular weight is 245 g/mol. The van der Waals surface area contributed by atoms with Gasteiger partial charge in [-0.3, -0.25) is 4.79 Å². The van der Waals surface area contributed by atoms with Crippen LogP contribution in [0.2, 0.25) is 0 Å². The Morgan fingerprint density at radius 2 is 2.22 bits per heavy atom. The second kappa shape index (κ2) is 4.30. The summed E-state index contributed by atoms with van der Waals surface area (Å²) in [6, 6.07) is 8.34. The van der Waals surface area contributed by atoms with Crippen molar-refractivity contribution in [2.24, 2.45) is 11.3 Å². The Kier molecular flexibility index (Phi) is 2.77. The lowest BCUT2D eigenvalue weighted by Gasteiger charge is -2.58. The molecule has 0 atom stereocenters. The van der Waals surface area contributed by atoms with Gasteiger partial charge < -0.3 is 9.64 Å². The zero-order valence-electron chi connectivity index (χ0n) is 10.8. The van der Waals surface area contributed by atoms with Gasteiger partial charge in [0, 0.05) is 18.5 Å². The topological polar surface area (TPSA) is 29.5 Å². The van der Waals surface area contributed by atoms with Gasteiger partial charge in [0.2, 0.25) is 6.41 Å².